The summed E-state index contributed by atoms with van der Waals surface area (Å²) >= 11 is 6.32. The van der Waals surface area contributed by atoms with Crippen LogP contribution in [0, 0.1) is 56.7 Å². The molecule has 5 aliphatic rings. The number of hydrogen-bond acceptors (Lipinski definition) is 1. The highest BCUT2D eigenvalue weighted by Crippen LogP contribution is 2.77. The molecule has 5 fully saturated rings. The van der Waals surface area contributed by atoms with Crippen molar-refractivity contribution in [2.24, 2.45) is 56.7 Å². The quantitative estimate of drug-likeness (QED) is 0.381. The molecule has 30 heavy (non-hydrogen) atoms. The van der Waals surface area contributed by atoms with Gasteiger partial charge in [-0.3, -0.25) is 4.79 Å². The summed E-state index contributed by atoms with van der Waals surface area (Å²) in [6, 6.07) is 0. The molecule has 0 heterocycles. The van der Waals surface area contributed by atoms with Crippen molar-refractivity contribution in [3.05, 3.63) is 0 Å². The van der Waals surface area contributed by atoms with Crippen molar-refractivity contribution >= 4 is 16.8 Å². The molecule has 0 spiro atoms. The van der Waals surface area contributed by atoms with E-state index < -0.39 is 0 Å². The fourth-order valence-electron chi connectivity index (χ4n) is 11.1. The van der Waals surface area contributed by atoms with Crippen LogP contribution < -0.4 is 0 Å². The van der Waals surface area contributed by atoms with Gasteiger partial charge in [0.25, 0.3) is 0 Å². The maximum atomic E-state index is 12.7. The molecule has 0 aromatic carbocycles. The molecule has 0 N–H and O–H groups in total. The van der Waals surface area contributed by atoms with Crippen molar-refractivity contribution in [1.82, 2.24) is 0 Å². The Hall–Kier alpha value is -0.0400. The number of fused-ring (bicyclic) bond motifs is 7. The van der Waals surface area contributed by atoms with Crippen molar-refractivity contribution in [3.63, 3.8) is 0 Å². The second-order valence-corrected chi connectivity index (χ2v) is 14.2. The van der Waals surface area contributed by atoms with Crippen LogP contribution in [0.25, 0.3) is 0 Å². The van der Waals surface area contributed by atoms with E-state index in [4.69, 9.17) is 11.6 Å². The predicted octanol–water partition coefficient (Wildman–Crippen LogP) is 8.24. The lowest BCUT2D eigenvalue weighted by atomic mass is 9.32. The van der Waals surface area contributed by atoms with Crippen LogP contribution in [0.15, 0.2) is 0 Å². The zero-order valence-electron chi connectivity index (χ0n) is 20.5. The van der Waals surface area contributed by atoms with E-state index in [1.807, 2.05) is 0 Å². The van der Waals surface area contributed by atoms with E-state index in [0.29, 0.717) is 33.5 Å². The van der Waals surface area contributed by atoms with Crippen LogP contribution in [-0.2, 0) is 4.79 Å². The van der Waals surface area contributed by atoms with Gasteiger partial charge in [-0.05, 0) is 127 Å². The number of rotatable bonds is 1. The van der Waals surface area contributed by atoms with Crippen LogP contribution in [0.2, 0.25) is 0 Å². The summed E-state index contributed by atoms with van der Waals surface area (Å²) in [6.45, 7) is 15.7. The number of carbonyl (C=O) groups excluding carboxylic acids is 1. The van der Waals surface area contributed by atoms with Gasteiger partial charge in [-0.25, -0.2) is 0 Å². The lowest BCUT2D eigenvalue weighted by molar-refractivity contribution is -0.237. The largest absolute Gasteiger partial charge is 0.281 e. The fraction of sp³-hybridized carbons (Fsp3) is 0.964. The molecule has 0 amide bonds. The van der Waals surface area contributed by atoms with E-state index in [1.165, 1.54) is 57.8 Å². The Balaban J connectivity index is 1.53. The summed E-state index contributed by atoms with van der Waals surface area (Å²) < 4.78 is 0. The first kappa shape index (κ1) is 21.8. The Labute approximate surface area is 190 Å². The van der Waals surface area contributed by atoms with Crippen LogP contribution >= 0.6 is 11.6 Å². The highest BCUT2D eigenvalue weighted by atomic mass is 35.5. The molecule has 2 heteroatoms. The molecule has 5 rings (SSSR count). The number of hydrogen-bond donors (Lipinski definition) is 0. The summed E-state index contributed by atoms with van der Waals surface area (Å²) in [5, 5.41) is -0.00184. The zero-order chi connectivity index (χ0) is 21.7. The maximum Gasteiger partial charge on any atom is 0.228 e. The normalized spacial score (nSPS) is 57.0. The minimum atomic E-state index is -0.182. The van der Waals surface area contributed by atoms with Crippen LogP contribution in [0.4, 0.5) is 0 Å². The maximum absolute atomic E-state index is 12.7. The van der Waals surface area contributed by atoms with Gasteiger partial charge in [-0.15, -0.1) is 0 Å². The minimum absolute atomic E-state index is 0.00184. The SMILES string of the molecule is CC1CCC2(C)C(CCC3(C)C2CCC2C4CCCC4(C(=O)Cl)CC[C@]23C)C1(C)C. The van der Waals surface area contributed by atoms with Gasteiger partial charge in [0, 0.05) is 5.41 Å². The predicted molar refractivity (Wildman–Crippen MR) is 125 cm³/mol. The van der Waals surface area contributed by atoms with Gasteiger partial charge in [-0.2, -0.15) is 0 Å². The first-order valence-electron chi connectivity index (χ1n) is 13.1. The highest BCUT2D eigenvalue weighted by Gasteiger charge is 2.70. The second kappa shape index (κ2) is 6.51. The zero-order valence-corrected chi connectivity index (χ0v) is 21.2. The molecule has 0 saturated heterocycles. The Morgan fingerprint density at radius 2 is 1.47 bits per heavy atom. The van der Waals surface area contributed by atoms with Gasteiger partial charge in [0.15, 0.2) is 0 Å². The minimum Gasteiger partial charge on any atom is -0.281 e. The second-order valence-electron chi connectivity index (χ2n) is 13.9. The molecule has 170 valence electrons. The fourth-order valence-corrected chi connectivity index (χ4v) is 11.4. The molecule has 8 unspecified atom stereocenters. The Morgan fingerprint density at radius 1 is 0.733 bits per heavy atom. The molecule has 0 bridgehead atoms. The Bertz CT molecular complexity index is 743. The van der Waals surface area contributed by atoms with E-state index in [0.717, 1.165) is 30.6 Å². The monoisotopic (exact) mass is 432 g/mol. The van der Waals surface area contributed by atoms with Gasteiger partial charge in [-0.1, -0.05) is 48.0 Å². The molecular formula is C28H45ClO. The summed E-state index contributed by atoms with van der Waals surface area (Å²) in [6.07, 6.45) is 14.1. The first-order chi connectivity index (χ1) is 13.9. The van der Waals surface area contributed by atoms with Crippen LogP contribution in [0.3, 0.4) is 0 Å². The summed E-state index contributed by atoms with van der Waals surface area (Å²) in [5.41, 5.74) is 1.57. The van der Waals surface area contributed by atoms with E-state index in [-0.39, 0.29) is 10.7 Å². The third kappa shape index (κ3) is 2.40. The van der Waals surface area contributed by atoms with Crippen LogP contribution in [0.1, 0.15) is 112 Å². The van der Waals surface area contributed by atoms with Crippen molar-refractivity contribution < 1.29 is 4.79 Å². The average molecular weight is 433 g/mol. The highest BCUT2D eigenvalue weighted by molar-refractivity contribution is 6.64. The number of halogens is 1. The van der Waals surface area contributed by atoms with Crippen LogP contribution in [-0.4, -0.2) is 5.24 Å². The van der Waals surface area contributed by atoms with Gasteiger partial charge < -0.3 is 0 Å². The van der Waals surface area contributed by atoms with E-state index in [9.17, 15) is 4.79 Å². The summed E-state index contributed by atoms with van der Waals surface area (Å²) in [4.78, 5) is 12.7. The lowest BCUT2D eigenvalue weighted by Gasteiger charge is -2.72. The molecule has 5 saturated carbocycles. The molecule has 0 radical (unpaired) electrons. The standard InChI is InChI=1S/C28H45ClO/c1-18-11-14-25(4)21(24(18,2)3)12-15-27(6)22(25)10-9-19-20-8-7-13-28(20,23(29)30)17-16-26(19,27)5/h18-22H,7-17H2,1-6H3/t18?,19?,20?,21?,22?,25?,26-,27?,28?/m1/s1. The topological polar surface area (TPSA) is 17.1 Å². The average Bonchev–Trinajstić information content (AvgIpc) is 3.11. The first-order valence-corrected chi connectivity index (χ1v) is 13.5. The van der Waals surface area contributed by atoms with E-state index in [2.05, 4.69) is 41.5 Å². The van der Waals surface area contributed by atoms with Gasteiger partial charge in [0.1, 0.15) is 0 Å². The molecule has 0 aromatic heterocycles. The van der Waals surface area contributed by atoms with Gasteiger partial charge >= 0.3 is 0 Å². The Kier molecular flexibility index (Phi) is 4.73. The Morgan fingerprint density at radius 3 is 2.17 bits per heavy atom. The lowest BCUT2D eigenvalue weighted by Crippen LogP contribution is -2.66. The van der Waals surface area contributed by atoms with Crippen molar-refractivity contribution in [2.75, 3.05) is 0 Å². The summed E-state index contributed by atoms with van der Waals surface area (Å²) in [5.74, 6) is 3.80. The van der Waals surface area contributed by atoms with Gasteiger partial charge in [0.05, 0.1) is 0 Å². The molecular weight excluding hydrogens is 388 g/mol. The number of carbonyl (C=O) groups is 1. The smallest absolute Gasteiger partial charge is 0.228 e. The van der Waals surface area contributed by atoms with Crippen LogP contribution in [0.5, 0.6) is 0 Å². The third-order valence-electron chi connectivity index (χ3n) is 13.3. The van der Waals surface area contributed by atoms with E-state index in [1.54, 1.807) is 0 Å². The van der Waals surface area contributed by atoms with E-state index >= 15 is 0 Å². The molecule has 0 aliphatic heterocycles. The molecule has 5 aliphatic carbocycles. The van der Waals surface area contributed by atoms with Crippen molar-refractivity contribution in [3.8, 4) is 0 Å². The molecule has 0 aromatic rings. The third-order valence-corrected chi connectivity index (χ3v) is 13.7. The summed E-state index contributed by atoms with van der Waals surface area (Å²) in [7, 11) is 0. The van der Waals surface area contributed by atoms with Crippen molar-refractivity contribution in [1.29, 1.82) is 0 Å². The van der Waals surface area contributed by atoms with Gasteiger partial charge in [0.2, 0.25) is 5.24 Å². The van der Waals surface area contributed by atoms with Crippen molar-refractivity contribution in [2.45, 2.75) is 112 Å². The molecule has 1 nitrogen and oxygen atoms in total. The molecule has 9 atom stereocenters.